The van der Waals surface area contributed by atoms with Crippen molar-refractivity contribution in [1.82, 2.24) is 4.90 Å². The van der Waals surface area contributed by atoms with Crippen molar-refractivity contribution >= 4 is 17.5 Å². The monoisotopic (exact) mass is 407 g/mol. The summed E-state index contributed by atoms with van der Waals surface area (Å²) in [6, 6.07) is 27.0. The summed E-state index contributed by atoms with van der Waals surface area (Å²) in [4.78, 5) is 15.0. The van der Waals surface area contributed by atoms with Gasteiger partial charge in [-0.05, 0) is 41.3 Å². The van der Waals surface area contributed by atoms with Crippen LogP contribution < -0.4 is 4.74 Å². The zero-order chi connectivity index (χ0) is 20.6. The minimum absolute atomic E-state index is 0.0825. The number of amides is 1. The van der Waals surface area contributed by atoms with E-state index < -0.39 is 5.38 Å². The maximum Gasteiger partial charge on any atom is 0.245 e. The average Bonchev–Trinajstić information content (AvgIpc) is 2.73. The normalized spacial score (nSPS) is 11.9. The van der Waals surface area contributed by atoms with Crippen molar-refractivity contribution in [3.8, 4) is 11.5 Å². The standard InChI is InChI=1S/C25H26ClNO2/c1-19(2)17-27(25(28)24(26)21-11-5-3-6-12-21)18-20-10-9-15-23(16-20)29-22-13-7-4-8-14-22/h3-16,19,24H,17-18H2,1-2H3. The number of rotatable bonds is 8. The lowest BCUT2D eigenvalue weighted by Crippen LogP contribution is -2.36. The Morgan fingerprint density at radius 3 is 2.17 bits per heavy atom. The average molecular weight is 408 g/mol. The van der Waals surface area contributed by atoms with Crippen LogP contribution in [0.15, 0.2) is 84.9 Å². The topological polar surface area (TPSA) is 29.5 Å². The molecule has 3 rings (SSSR count). The van der Waals surface area contributed by atoms with Gasteiger partial charge in [0, 0.05) is 13.1 Å². The first kappa shape index (κ1) is 20.9. The fourth-order valence-corrected chi connectivity index (χ4v) is 3.43. The van der Waals surface area contributed by atoms with Crippen LogP contribution in [0.25, 0.3) is 0 Å². The fraction of sp³-hybridized carbons (Fsp3) is 0.240. The van der Waals surface area contributed by atoms with Gasteiger partial charge in [-0.3, -0.25) is 4.79 Å². The van der Waals surface area contributed by atoms with Crippen LogP contribution in [-0.4, -0.2) is 17.4 Å². The highest BCUT2D eigenvalue weighted by molar-refractivity contribution is 6.30. The van der Waals surface area contributed by atoms with Gasteiger partial charge in [0.05, 0.1) is 0 Å². The number of carbonyl (C=O) groups excluding carboxylic acids is 1. The molecule has 0 saturated carbocycles. The number of benzene rings is 3. The third-order valence-corrected chi connectivity index (χ3v) is 4.90. The van der Waals surface area contributed by atoms with E-state index in [2.05, 4.69) is 13.8 Å². The van der Waals surface area contributed by atoms with E-state index in [9.17, 15) is 4.79 Å². The van der Waals surface area contributed by atoms with E-state index in [1.165, 1.54) is 0 Å². The summed E-state index contributed by atoms with van der Waals surface area (Å²) < 4.78 is 5.93. The van der Waals surface area contributed by atoms with E-state index in [1.54, 1.807) is 0 Å². The van der Waals surface area contributed by atoms with Gasteiger partial charge < -0.3 is 9.64 Å². The number of hydrogen-bond donors (Lipinski definition) is 0. The summed E-state index contributed by atoms with van der Waals surface area (Å²) in [5.41, 5.74) is 1.82. The highest BCUT2D eigenvalue weighted by Crippen LogP contribution is 2.26. The van der Waals surface area contributed by atoms with Crippen molar-refractivity contribution < 1.29 is 9.53 Å². The highest BCUT2D eigenvalue weighted by Gasteiger charge is 2.24. The highest BCUT2D eigenvalue weighted by atomic mass is 35.5. The van der Waals surface area contributed by atoms with Crippen molar-refractivity contribution in [2.24, 2.45) is 5.92 Å². The second-order valence-electron chi connectivity index (χ2n) is 7.45. The molecule has 1 atom stereocenters. The van der Waals surface area contributed by atoms with Crippen LogP contribution in [0.1, 0.15) is 30.4 Å². The molecule has 0 aliphatic rings. The first-order valence-electron chi connectivity index (χ1n) is 9.82. The van der Waals surface area contributed by atoms with Crippen LogP contribution in [0.4, 0.5) is 0 Å². The number of nitrogens with zero attached hydrogens (tertiary/aromatic N) is 1. The lowest BCUT2D eigenvalue weighted by atomic mass is 10.1. The van der Waals surface area contributed by atoms with Gasteiger partial charge in [0.2, 0.25) is 5.91 Å². The minimum Gasteiger partial charge on any atom is -0.457 e. The van der Waals surface area contributed by atoms with Crippen molar-refractivity contribution in [2.45, 2.75) is 25.8 Å². The molecule has 0 N–H and O–H groups in total. The van der Waals surface area contributed by atoms with Crippen LogP contribution in [0.3, 0.4) is 0 Å². The molecule has 0 saturated heterocycles. The molecule has 3 aromatic rings. The van der Waals surface area contributed by atoms with Crippen LogP contribution in [0, 0.1) is 5.92 Å². The van der Waals surface area contributed by atoms with Gasteiger partial charge >= 0.3 is 0 Å². The zero-order valence-corrected chi connectivity index (χ0v) is 17.5. The first-order chi connectivity index (χ1) is 14.0. The van der Waals surface area contributed by atoms with Gasteiger partial charge in [-0.2, -0.15) is 0 Å². The number of carbonyl (C=O) groups is 1. The Bertz CT molecular complexity index is 912. The Hall–Kier alpha value is -2.78. The maximum absolute atomic E-state index is 13.1. The van der Waals surface area contributed by atoms with Gasteiger partial charge in [0.1, 0.15) is 16.9 Å². The van der Waals surface area contributed by atoms with E-state index in [0.717, 1.165) is 22.6 Å². The molecule has 0 aliphatic carbocycles. The van der Waals surface area contributed by atoms with Crippen molar-refractivity contribution in [1.29, 1.82) is 0 Å². The summed E-state index contributed by atoms with van der Waals surface area (Å²) in [5, 5.41) is -0.696. The van der Waals surface area contributed by atoms with Gasteiger partial charge in [0.15, 0.2) is 0 Å². The molecule has 1 amide bonds. The molecule has 3 nitrogen and oxygen atoms in total. The van der Waals surface area contributed by atoms with E-state index in [0.29, 0.717) is 19.0 Å². The maximum atomic E-state index is 13.1. The third kappa shape index (κ3) is 6.10. The van der Waals surface area contributed by atoms with E-state index >= 15 is 0 Å². The zero-order valence-electron chi connectivity index (χ0n) is 16.8. The Morgan fingerprint density at radius 2 is 1.52 bits per heavy atom. The van der Waals surface area contributed by atoms with Gasteiger partial charge in [-0.15, -0.1) is 11.6 Å². The molecular formula is C25H26ClNO2. The van der Waals surface area contributed by atoms with Crippen LogP contribution >= 0.6 is 11.6 Å². The number of alkyl halides is 1. The second-order valence-corrected chi connectivity index (χ2v) is 7.88. The molecule has 4 heteroatoms. The summed E-state index contributed by atoms with van der Waals surface area (Å²) in [6.07, 6.45) is 0. The van der Waals surface area contributed by atoms with Gasteiger partial charge in [-0.1, -0.05) is 74.5 Å². The molecule has 29 heavy (non-hydrogen) atoms. The number of para-hydroxylation sites is 1. The van der Waals surface area contributed by atoms with Crippen LogP contribution in [0.5, 0.6) is 11.5 Å². The molecule has 1 unspecified atom stereocenters. The molecule has 0 spiro atoms. The molecule has 0 radical (unpaired) electrons. The number of hydrogen-bond acceptors (Lipinski definition) is 2. The molecular weight excluding hydrogens is 382 g/mol. The predicted octanol–water partition coefficient (Wildman–Crippen LogP) is 6.44. The van der Waals surface area contributed by atoms with E-state index in [-0.39, 0.29) is 5.91 Å². The quantitative estimate of drug-likeness (QED) is 0.402. The van der Waals surface area contributed by atoms with E-state index in [1.807, 2.05) is 89.8 Å². The van der Waals surface area contributed by atoms with Crippen molar-refractivity contribution in [3.63, 3.8) is 0 Å². The molecule has 0 aromatic heterocycles. The summed E-state index contributed by atoms with van der Waals surface area (Å²) >= 11 is 6.52. The van der Waals surface area contributed by atoms with Crippen molar-refractivity contribution in [3.05, 3.63) is 96.1 Å². The van der Waals surface area contributed by atoms with Crippen molar-refractivity contribution in [2.75, 3.05) is 6.54 Å². The predicted molar refractivity (Wildman–Crippen MR) is 118 cm³/mol. The van der Waals surface area contributed by atoms with Crippen LogP contribution in [0.2, 0.25) is 0 Å². The Labute approximate surface area is 177 Å². The lowest BCUT2D eigenvalue weighted by molar-refractivity contribution is -0.132. The first-order valence-corrected chi connectivity index (χ1v) is 10.3. The smallest absolute Gasteiger partial charge is 0.245 e. The van der Waals surface area contributed by atoms with Gasteiger partial charge in [-0.25, -0.2) is 0 Å². The summed E-state index contributed by atoms with van der Waals surface area (Å²) in [6.45, 7) is 5.32. The molecule has 0 heterocycles. The molecule has 3 aromatic carbocycles. The number of ether oxygens (including phenoxy) is 1. The molecule has 0 bridgehead atoms. The molecule has 0 fully saturated rings. The third-order valence-electron chi connectivity index (χ3n) is 4.46. The SMILES string of the molecule is CC(C)CN(Cc1cccc(Oc2ccccc2)c1)C(=O)C(Cl)c1ccccc1. The second kappa shape index (κ2) is 10.1. The Kier molecular flexibility index (Phi) is 7.31. The number of halogens is 1. The fourth-order valence-electron chi connectivity index (χ4n) is 3.15. The Balaban J connectivity index is 1.76. The summed E-state index contributed by atoms with van der Waals surface area (Å²) in [5.74, 6) is 1.78. The Morgan fingerprint density at radius 1 is 0.897 bits per heavy atom. The lowest BCUT2D eigenvalue weighted by Gasteiger charge is -2.27. The van der Waals surface area contributed by atoms with Gasteiger partial charge in [0.25, 0.3) is 0 Å². The molecule has 0 aliphatic heterocycles. The summed E-state index contributed by atoms with van der Waals surface area (Å²) in [7, 11) is 0. The van der Waals surface area contributed by atoms with Crippen LogP contribution in [-0.2, 0) is 11.3 Å². The largest absolute Gasteiger partial charge is 0.457 e. The molecule has 150 valence electrons. The van der Waals surface area contributed by atoms with E-state index in [4.69, 9.17) is 16.3 Å². The minimum atomic E-state index is -0.696.